The summed E-state index contributed by atoms with van der Waals surface area (Å²) in [6.07, 6.45) is 4.39. The van der Waals surface area contributed by atoms with Crippen molar-refractivity contribution in [3.63, 3.8) is 0 Å². The van der Waals surface area contributed by atoms with Gasteiger partial charge in [-0.1, -0.05) is 13.8 Å². The Morgan fingerprint density at radius 1 is 1.31 bits per heavy atom. The smallest absolute Gasteiger partial charge is 0.408 e. The van der Waals surface area contributed by atoms with Crippen LogP contribution in [0.5, 0.6) is 0 Å². The monoisotopic (exact) mass is 225 g/mol. The van der Waals surface area contributed by atoms with E-state index in [9.17, 15) is 9.59 Å². The summed E-state index contributed by atoms with van der Waals surface area (Å²) in [4.78, 5) is 22.8. The van der Waals surface area contributed by atoms with Crippen LogP contribution in [-0.2, 0) is 9.53 Å². The van der Waals surface area contributed by atoms with E-state index in [0.717, 1.165) is 0 Å². The second-order valence-corrected chi connectivity index (χ2v) is 4.88. The van der Waals surface area contributed by atoms with Crippen molar-refractivity contribution in [2.24, 2.45) is 5.92 Å². The number of alkyl carbamates (subject to hydrolysis) is 1. The quantitative estimate of drug-likeness (QED) is 0.588. The summed E-state index contributed by atoms with van der Waals surface area (Å²) in [5.74, 6) is 1.49. The van der Waals surface area contributed by atoms with Gasteiger partial charge in [-0.2, -0.15) is 0 Å². The number of nitrogens with one attached hydrogen (secondary N) is 1. The molecule has 0 aliphatic carbocycles. The van der Waals surface area contributed by atoms with Crippen molar-refractivity contribution in [1.82, 2.24) is 5.32 Å². The average molecular weight is 225 g/mol. The molecule has 1 atom stereocenters. The predicted molar refractivity (Wildman–Crippen MR) is 61.8 cm³/mol. The second kappa shape index (κ2) is 5.55. The van der Waals surface area contributed by atoms with Gasteiger partial charge in [0, 0.05) is 0 Å². The van der Waals surface area contributed by atoms with Gasteiger partial charge in [-0.3, -0.25) is 4.79 Å². The normalized spacial score (nSPS) is 12.8. The fourth-order valence-corrected chi connectivity index (χ4v) is 1.06. The van der Waals surface area contributed by atoms with Crippen molar-refractivity contribution >= 4 is 11.9 Å². The van der Waals surface area contributed by atoms with E-state index in [1.807, 2.05) is 5.92 Å². The molecule has 0 aromatic rings. The fraction of sp³-hybridized carbons (Fsp3) is 0.667. The highest BCUT2D eigenvalue weighted by Crippen LogP contribution is 2.08. The van der Waals surface area contributed by atoms with Crippen LogP contribution in [-0.4, -0.2) is 23.5 Å². The van der Waals surface area contributed by atoms with Crippen LogP contribution in [0.4, 0.5) is 4.79 Å². The number of carbonyl (C=O) groups excluding carboxylic acids is 2. The van der Waals surface area contributed by atoms with Crippen LogP contribution in [0.15, 0.2) is 0 Å². The third-order valence-corrected chi connectivity index (χ3v) is 1.76. The number of ketones is 1. The molecule has 0 heterocycles. The van der Waals surface area contributed by atoms with Crippen molar-refractivity contribution in [3.05, 3.63) is 0 Å². The van der Waals surface area contributed by atoms with Crippen LogP contribution in [0.1, 0.15) is 34.6 Å². The first-order chi connectivity index (χ1) is 7.17. The number of rotatable bonds is 3. The lowest BCUT2D eigenvalue weighted by Gasteiger charge is -2.23. The highest BCUT2D eigenvalue weighted by atomic mass is 16.6. The SMILES string of the molecule is C#CC(=O)[C@H](NC(=O)OC(C)(C)C)C(C)C. The molecule has 1 N–H and O–H groups in total. The van der Waals surface area contributed by atoms with Gasteiger partial charge in [0.15, 0.2) is 0 Å². The Balaban J connectivity index is 4.49. The lowest BCUT2D eigenvalue weighted by Crippen LogP contribution is -2.45. The Bertz CT molecular complexity index is 307. The summed E-state index contributed by atoms with van der Waals surface area (Å²) >= 11 is 0. The Labute approximate surface area is 96.7 Å². The van der Waals surface area contributed by atoms with E-state index < -0.39 is 23.5 Å². The molecule has 0 saturated carbocycles. The summed E-state index contributed by atoms with van der Waals surface area (Å²) in [7, 11) is 0. The molecule has 4 heteroatoms. The Morgan fingerprint density at radius 2 is 1.81 bits per heavy atom. The van der Waals surface area contributed by atoms with E-state index in [4.69, 9.17) is 11.2 Å². The van der Waals surface area contributed by atoms with Gasteiger partial charge < -0.3 is 10.1 Å². The van der Waals surface area contributed by atoms with E-state index in [2.05, 4.69) is 5.32 Å². The fourth-order valence-electron chi connectivity index (χ4n) is 1.06. The van der Waals surface area contributed by atoms with Gasteiger partial charge >= 0.3 is 6.09 Å². The van der Waals surface area contributed by atoms with Crippen LogP contribution in [0.3, 0.4) is 0 Å². The van der Waals surface area contributed by atoms with E-state index in [-0.39, 0.29) is 5.92 Å². The third-order valence-electron chi connectivity index (χ3n) is 1.76. The molecular formula is C12H19NO3. The van der Waals surface area contributed by atoms with Gasteiger partial charge in [0.1, 0.15) is 11.6 Å². The van der Waals surface area contributed by atoms with E-state index >= 15 is 0 Å². The van der Waals surface area contributed by atoms with Crippen molar-refractivity contribution in [1.29, 1.82) is 0 Å². The van der Waals surface area contributed by atoms with Crippen molar-refractivity contribution in [3.8, 4) is 12.3 Å². The number of amides is 1. The van der Waals surface area contributed by atoms with E-state index in [0.29, 0.717) is 0 Å². The minimum absolute atomic E-state index is 0.0731. The van der Waals surface area contributed by atoms with Gasteiger partial charge in [-0.25, -0.2) is 4.79 Å². The molecule has 16 heavy (non-hydrogen) atoms. The molecule has 90 valence electrons. The average Bonchev–Trinajstić information content (AvgIpc) is 2.09. The van der Waals surface area contributed by atoms with Crippen LogP contribution in [0.25, 0.3) is 0 Å². The highest BCUT2D eigenvalue weighted by Gasteiger charge is 2.25. The van der Waals surface area contributed by atoms with Crippen LogP contribution in [0, 0.1) is 18.3 Å². The molecule has 0 aromatic heterocycles. The maximum Gasteiger partial charge on any atom is 0.408 e. The van der Waals surface area contributed by atoms with Crippen LogP contribution < -0.4 is 5.32 Å². The summed E-state index contributed by atoms with van der Waals surface area (Å²) in [5, 5.41) is 2.47. The number of Topliss-reactive ketones (excluding diaryl/α,β-unsaturated/α-hetero) is 1. The minimum atomic E-state index is -0.695. The molecule has 0 unspecified atom stereocenters. The van der Waals surface area contributed by atoms with Gasteiger partial charge in [-0.05, 0) is 32.6 Å². The Morgan fingerprint density at radius 3 is 2.12 bits per heavy atom. The van der Waals surface area contributed by atoms with Crippen LogP contribution in [0.2, 0.25) is 0 Å². The van der Waals surface area contributed by atoms with E-state index in [1.165, 1.54) is 0 Å². The second-order valence-electron chi connectivity index (χ2n) is 4.88. The Kier molecular flexibility index (Phi) is 5.03. The molecule has 0 aliphatic rings. The molecule has 0 saturated heterocycles. The number of carbonyl (C=O) groups is 2. The zero-order valence-corrected chi connectivity index (χ0v) is 10.5. The standard InChI is InChI=1S/C12H19NO3/c1-7-9(14)10(8(2)3)13-11(15)16-12(4,5)6/h1,8,10H,2-6H3,(H,13,15)/t10-/m1/s1. The Hall–Kier alpha value is -1.50. The maximum atomic E-state index is 11.4. The first-order valence-electron chi connectivity index (χ1n) is 5.17. The molecule has 0 aromatic carbocycles. The predicted octanol–water partition coefficient (Wildman–Crippen LogP) is 1.74. The molecule has 4 nitrogen and oxygen atoms in total. The van der Waals surface area contributed by atoms with Crippen LogP contribution >= 0.6 is 0 Å². The van der Waals surface area contributed by atoms with Crippen molar-refractivity contribution in [2.75, 3.05) is 0 Å². The topological polar surface area (TPSA) is 55.4 Å². The number of hydrogen-bond donors (Lipinski definition) is 1. The molecule has 0 bridgehead atoms. The molecular weight excluding hydrogens is 206 g/mol. The first kappa shape index (κ1) is 14.5. The molecule has 0 fully saturated rings. The van der Waals surface area contributed by atoms with Gasteiger partial charge in [-0.15, -0.1) is 6.42 Å². The first-order valence-corrected chi connectivity index (χ1v) is 5.17. The maximum absolute atomic E-state index is 11.4. The molecule has 1 amide bonds. The van der Waals surface area contributed by atoms with Gasteiger partial charge in [0.2, 0.25) is 5.78 Å². The minimum Gasteiger partial charge on any atom is -0.444 e. The molecule has 0 spiro atoms. The zero-order valence-electron chi connectivity index (χ0n) is 10.5. The lowest BCUT2D eigenvalue weighted by molar-refractivity contribution is -0.116. The zero-order chi connectivity index (χ0) is 12.9. The summed E-state index contributed by atoms with van der Waals surface area (Å²) in [6, 6.07) is -0.695. The lowest BCUT2D eigenvalue weighted by atomic mass is 10.0. The molecule has 0 aliphatic heterocycles. The summed E-state index contributed by atoms with van der Waals surface area (Å²) in [6.45, 7) is 8.86. The van der Waals surface area contributed by atoms with Gasteiger partial charge in [0.25, 0.3) is 0 Å². The number of ether oxygens (including phenoxy) is 1. The van der Waals surface area contributed by atoms with Crippen molar-refractivity contribution in [2.45, 2.75) is 46.3 Å². The third kappa shape index (κ3) is 5.40. The number of hydrogen-bond acceptors (Lipinski definition) is 3. The van der Waals surface area contributed by atoms with Crippen molar-refractivity contribution < 1.29 is 14.3 Å². The summed E-state index contributed by atoms with van der Waals surface area (Å²) < 4.78 is 5.04. The van der Waals surface area contributed by atoms with E-state index in [1.54, 1.807) is 34.6 Å². The number of terminal acetylenes is 1. The summed E-state index contributed by atoms with van der Waals surface area (Å²) in [5.41, 5.74) is -0.592. The van der Waals surface area contributed by atoms with Gasteiger partial charge in [0.05, 0.1) is 0 Å². The molecule has 0 rings (SSSR count). The largest absolute Gasteiger partial charge is 0.444 e. The highest BCUT2D eigenvalue weighted by molar-refractivity contribution is 6.00. The molecule has 0 radical (unpaired) electrons.